The lowest BCUT2D eigenvalue weighted by Crippen LogP contribution is -2.37. The van der Waals surface area contributed by atoms with E-state index in [4.69, 9.17) is 18.9 Å². The number of hydrogen-bond acceptors (Lipinski definition) is 7. The summed E-state index contributed by atoms with van der Waals surface area (Å²) in [5, 5.41) is 0. The number of carbonyl (C=O) groups excluding carboxylic acids is 3. The van der Waals surface area contributed by atoms with Crippen molar-refractivity contribution in [3.8, 4) is 0 Å². The first kappa shape index (κ1) is 28.4. The Labute approximate surface area is 215 Å². The molecule has 0 aromatic carbocycles. The van der Waals surface area contributed by atoms with Gasteiger partial charge >= 0.3 is 17.9 Å². The summed E-state index contributed by atoms with van der Waals surface area (Å²) in [5.74, 6) is 1.05. The Morgan fingerprint density at radius 1 is 0.833 bits per heavy atom. The topological polar surface area (TPSA) is 88.1 Å². The second kappa shape index (κ2) is 14.6. The largest absolute Gasteiger partial charge is 0.463 e. The molecule has 0 aromatic rings. The molecular weight excluding hydrogens is 460 g/mol. The van der Waals surface area contributed by atoms with Crippen molar-refractivity contribution >= 4 is 17.9 Å². The number of esters is 3. The Morgan fingerprint density at radius 2 is 1.53 bits per heavy atom. The third kappa shape index (κ3) is 9.06. The molecule has 0 N–H and O–H groups in total. The Balaban J connectivity index is 1.28. The number of fused-ring (bicyclic) bond motifs is 1. The van der Waals surface area contributed by atoms with Crippen LogP contribution in [0.1, 0.15) is 84.0 Å². The second-order valence-electron chi connectivity index (χ2n) is 10.8. The fourth-order valence-corrected chi connectivity index (χ4v) is 5.99. The summed E-state index contributed by atoms with van der Waals surface area (Å²) in [7, 11) is 0. The Kier molecular flexibility index (Phi) is 11.5. The van der Waals surface area contributed by atoms with Crippen molar-refractivity contribution in [1.29, 1.82) is 0 Å². The molecule has 0 radical (unpaired) electrons. The average Bonchev–Trinajstić information content (AvgIpc) is 2.88. The first-order chi connectivity index (χ1) is 17.4. The number of rotatable bonds is 12. The van der Waals surface area contributed by atoms with E-state index >= 15 is 0 Å². The molecule has 3 rings (SSSR count). The highest BCUT2D eigenvalue weighted by molar-refractivity contribution is 5.86. The lowest BCUT2D eigenvalue weighted by Gasteiger charge is -2.41. The smallest absolute Gasteiger partial charge is 0.333 e. The van der Waals surface area contributed by atoms with Gasteiger partial charge in [-0.1, -0.05) is 13.2 Å². The molecule has 4 unspecified atom stereocenters. The zero-order valence-electron chi connectivity index (χ0n) is 21.9. The van der Waals surface area contributed by atoms with Crippen LogP contribution in [-0.2, 0) is 33.3 Å². The van der Waals surface area contributed by atoms with E-state index < -0.39 is 0 Å². The molecule has 0 bridgehead atoms. The quantitative estimate of drug-likeness (QED) is 0.154. The summed E-state index contributed by atoms with van der Waals surface area (Å²) < 4.78 is 22.2. The van der Waals surface area contributed by atoms with Gasteiger partial charge in [0, 0.05) is 18.1 Å². The van der Waals surface area contributed by atoms with Gasteiger partial charge in [-0.05, 0) is 95.3 Å². The second-order valence-corrected chi connectivity index (χ2v) is 10.8. The van der Waals surface area contributed by atoms with Crippen molar-refractivity contribution in [3.63, 3.8) is 0 Å². The Bertz CT molecular complexity index is 768. The minimum absolute atomic E-state index is 0.000468. The van der Waals surface area contributed by atoms with Crippen molar-refractivity contribution in [2.75, 3.05) is 19.8 Å². The van der Waals surface area contributed by atoms with E-state index in [1.54, 1.807) is 6.92 Å². The molecule has 0 saturated heterocycles. The first-order valence-electron chi connectivity index (χ1n) is 13.8. The predicted molar refractivity (Wildman–Crippen MR) is 136 cm³/mol. The van der Waals surface area contributed by atoms with Gasteiger partial charge < -0.3 is 18.9 Å². The lowest BCUT2D eigenvalue weighted by molar-refractivity contribution is -0.159. The molecule has 3 aliphatic rings. The van der Waals surface area contributed by atoms with Crippen LogP contribution in [0.5, 0.6) is 0 Å². The third-order valence-electron chi connectivity index (χ3n) is 8.14. The van der Waals surface area contributed by atoms with E-state index in [1.165, 1.54) is 6.08 Å². The van der Waals surface area contributed by atoms with E-state index in [2.05, 4.69) is 13.2 Å². The molecule has 3 saturated carbocycles. The van der Waals surface area contributed by atoms with Crippen LogP contribution in [-0.4, -0.2) is 49.9 Å². The minimum Gasteiger partial charge on any atom is -0.463 e. The van der Waals surface area contributed by atoms with Crippen LogP contribution in [0.25, 0.3) is 0 Å². The van der Waals surface area contributed by atoms with Gasteiger partial charge in [0.2, 0.25) is 0 Å². The average molecular weight is 505 g/mol. The molecule has 7 heteroatoms. The molecule has 3 aliphatic carbocycles. The summed E-state index contributed by atoms with van der Waals surface area (Å²) in [6.45, 7) is 10.0. The maximum Gasteiger partial charge on any atom is 0.333 e. The van der Waals surface area contributed by atoms with E-state index in [1.807, 2.05) is 0 Å². The van der Waals surface area contributed by atoms with Gasteiger partial charge in [-0.3, -0.25) is 4.79 Å². The molecule has 4 atom stereocenters. The maximum atomic E-state index is 12.9. The van der Waals surface area contributed by atoms with Crippen LogP contribution >= 0.6 is 0 Å². The van der Waals surface area contributed by atoms with E-state index in [-0.39, 0.29) is 36.0 Å². The molecule has 7 nitrogen and oxygen atoms in total. The van der Waals surface area contributed by atoms with Crippen LogP contribution < -0.4 is 0 Å². The molecule has 36 heavy (non-hydrogen) atoms. The van der Waals surface area contributed by atoms with Crippen LogP contribution in [0, 0.1) is 23.7 Å². The van der Waals surface area contributed by atoms with Gasteiger partial charge in [-0.15, -0.1) is 0 Å². The third-order valence-corrected chi connectivity index (χ3v) is 8.14. The molecule has 3 fully saturated rings. The van der Waals surface area contributed by atoms with Gasteiger partial charge in [-0.25, -0.2) is 9.59 Å². The van der Waals surface area contributed by atoms with Crippen LogP contribution in [0.15, 0.2) is 24.8 Å². The molecule has 0 heterocycles. The normalized spacial score (nSPS) is 29.9. The van der Waals surface area contributed by atoms with Gasteiger partial charge in [0.15, 0.2) is 0 Å². The molecule has 0 spiro atoms. The van der Waals surface area contributed by atoms with E-state index in [0.717, 1.165) is 70.6 Å². The predicted octanol–water partition coefficient (Wildman–Crippen LogP) is 5.32. The van der Waals surface area contributed by atoms with Crippen LogP contribution in [0.4, 0.5) is 0 Å². The molecule has 0 amide bonds. The highest BCUT2D eigenvalue weighted by Gasteiger charge is 2.39. The zero-order valence-corrected chi connectivity index (χ0v) is 21.9. The van der Waals surface area contributed by atoms with Gasteiger partial charge in [0.1, 0.15) is 6.10 Å². The standard InChI is InChI=1S/C29H44O7/c1-4-27(30)34-17-14-21-6-11-25(12-7-21)36-29(32)24-9-8-23-19-26(13-10-22(23)18-24)33-15-5-16-35-28(31)20(2)3/h4,21-26H,1-2,5-19H2,3H3. The summed E-state index contributed by atoms with van der Waals surface area (Å²) in [6.07, 6.45) is 13.0. The zero-order chi connectivity index (χ0) is 25.9. The van der Waals surface area contributed by atoms with E-state index in [9.17, 15) is 14.4 Å². The molecular formula is C29H44O7. The number of ether oxygens (including phenoxy) is 4. The summed E-state index contributed by atoms with van der Waals surface area (Å²) in [5.41, 5.74) is 0.418. The van der Waals surface area contributed by atoms with Crippen molar-refractivity contribution in [2.45, 2.75) is 96.2 Å². The molecule has 0 aliphatic heterocycles. The number of hydrogen-bond donors (Lipinski definition) is 0. The van der Waals surface area contributed by atoms with E-state index in [0.29, 0.717) is 49.6 Å². The maximum absolute atomic E-state index is 12.9. The molecule has 0 aromatic heterocycles. The number of carbonyl (C=O) groups is 3. The van der Waals surface area contributed by atoms with Crippen molar-refractivity contribution in [3.05, 3.63) is 24.8 Å². The Hall–Kier alpha value is -2.15. The summed E-state index contributed by atoms with van der Waals surface area (Å²) in [6, 6.07) is 0. The van der Waals surface area contributed by atoms with Gasteiger partial charge in [0.25, 0.3) is 0 Å². The molecule has 202 valence electrons. The summed E-state index contributed by atoms with van der Waals surface area (Å²) in [4.78, 5) is 35.5. The van der Waals surface area contributed by atoms with Gasteiger partial charge in [0.05, 0.1) is 31.8 Å². The highest BCUT2D eigenvalue weighted by atomic mass is 16.5. The monoisotopic (exact) mass is 504 g/mol. The highest BCUT2D eigenvalue weighted by Crippen LogP contribution is 2.44. The van der Waals surface area contributed by atoms with Crippen LogP contribution in [0.3, 0.4) is 0 Å². The summed E-state index contributed by atoms with van der Waals surface area (Å²) >= 11 is 0. The lowest BCUT2D eigenvalue weighted by atomic mass is 9.67. The van der Waals surface area contributed by atoms with Crippen molar-refractivity contribution in [1.82, 2.24) is 0 Å². The fraction of sp³-hybridized carbons (Fsp3) is 0.759. The SMILES string of the molecule is C=CC(=O)OCCC1CCC(OC(=O)C2CCC3CC(OCCCOC(=O)C(=C)C)CCC3C2)CC1. The van der Waals surface area contributed by atoms with Crippen molar-refractivity contribution < 1.29 is 33.3 Å². The minimum atomic E-state index is -0.368. The van der Waals surface area contributed by atoms with Crippen LogP contribution in [0.2, 0.25) is 0 Å². The fourth-order valence-electron chi connectivity index (χ4n) is 5.99. The first-order valence-corrected chi connectivity index (χ1v) is 13.8. The van der Waals surface area contributed by atoms with Gasteiger partial charge in [-0.2, -0.15) is 0 Å². The Morgan fingerprint density at radius 3 is 2.25 bits per heavy atom. The van der Waals surface area contributed by atoms with Crippen molar-refractivity contribution in [2.24, 2.45) is 23.7 Å².